The van der Waals surface area contributed by atoms with E-state index >= 15 is 0 Å². The van der Waals surface area contributed by atoms with Crippen LogP contribution >= 0.6 is 0 Å². The number of sulfonamides is 1. The Morgan fingerprint density at radius 2 is 2.04 bits per heavy atom. The van der Waals surface area contributed by atoms with Gasteiger partial charge in [0.05, 0.1) is 17.7 Å². The van der Waals surface area contributed by atoms with Crippen molar-refractivity contribution >= 4 is 21.6 Å². The molecule has 146 valence electrons. The van der Waals surface area contributed by atoms with Crippen LogP contribution in [0.4, 0.5) is 5.69 Å². The maximum atomic E-state index is 12.7. The molecule has 10 heteroatoms. The predicted molar refractivity (Wildman–Crippen MR) is 103 cm³/mol. The Labute approximate surface area is 162 Å². The second-order valence-electron chi connectivity index (χ2n) is 5.84. The Bertz CT molecular complexity index is 1080. The molecule has 0 fully saturated rings. The van der Waals surface area contributed by atoms with Crippen molar-refractivity contribution in [3.8, 4) is 11.6 Å². The van der Waals surface area contributed by atoms with Crippen LogP contribution in [0.5, 0.6) is 5.75 Å². The van der Waals surface area contributed by atoms with E-state index in [0.29, 0.717) is 11.6 Å². The second kappa shape index (κ2) is 8.19. The van der Waals surface area contributed by atoms with Gasteiger partial charge in [0.25, 0.3) is 0 Å². The van der Waals surface area contributed by atoms with Crippen LogP contribution in [0.2, 0.25) is 0 Å². The van der Waals surface area contributed by atoms with Gasteiger partial charge in [0.15, 0.2) is 5.82 Å². The van der Waals surface area contributed by atoms with Gasteiger partial charge in [-0.2, -0.15) is 5.10 Å². The molecule has 0 radical (unpaired) electrons. The number of ether oxygens (including phenoxy) is 1. The smallest absolute Gasteiger partial charge is 0.240 e. The van der Waals surface area contributed by atoms with Gasteiger partial charge < -0.3 is 10.1 Å². The molecule has 2 aromatic heterocycles. The van der Waals surface area contributed by atoms with Crippen LogP contribution in [0.15, 0.2) is 59.9 Å². The first kappa shape index (κ1) is 19.5. The summed E-state index contributed by atoms with van der Waals surface area (Å²) in [5.41, 5.74) is 1.00. The first-order chi connectivity index (χ1) is 13.4. The maximum Gasteiger partial charge on any atom is 0.240 e. The van der Waals surface area contributed by atoms with E-state index in [9.17, 15) is 13.2 Å². The first-order valence-corrected chi connectivity index (χ1v) is 9.77. The molecule has 0 saturated carbocycles. The van der Waals surface area contributed by atoms with E-state index < -0.39 is 10.0 Å². The molecule has 3 rings (SSSR count). The quantitative estimate of drug-likeness (QED) is 0.623. The Morgan fingerprint density at radius 3 is 2.71 bits per heavy atom. The molecule has 0 unspecified atom stereocenters. The molecule has 0 bridgehead atoms. The van der Waals surface area contributed by atoms with Gasteiger partial charge >= 0.3 is 0 Å². The van der Waals surface area contributed by atoms with E-state index in [2.05, 4.69) is 20.1 Å². The lowest BCUT2D eigenvalue weighted by Crippen LogP contribution is -2.23. The number of hydrogen-bond acceptors (Lipinski definition) is 6. The van der Waals surface area contributed by atoms with Crippen molar-refractivity contribution in [1.29, 1.82) is 0 Å². The van der Waals surface area contributed by atoms with E-state index in [1.54, 1.807) is 41.5 Å². The Kier molecular flexibility index (Phi) is 5.71. The molecule has 1 amide bonds. The van der Waals surface area contributed by atoms with Crippen LogP contribution in [0.1, 0.15) is 12.5 Å². The van der Waals surface area contributed by atoms with E-state index in [1.807, 2.05) is 0 Å². The van der Waals surface area contributed by atoms with Crippen LogP contribution in [-0.4, -0.2) is 36.2 Å². The van der Waals surface area contributed by atoms with E-state index in [-0.39, 0.29) is 23.0 Å². The van der Waals surface area contributed by atoms with Crippen molar-refractivity contribution in [2.75, 3.05) is 12.4 Å². The van der Waals surface area contributed by atoms with Crippen molar-refractivity contribution < 1.29 is 17.9 Å². The summed E-state index contributed by atoms with van der Waals surface area (Å²) in [6.45, 7) is 1.40. The third kappa shape index (κ3) is 4.53. The molecule has 2 N–H and O–H groups in total. The topological polar surface area (TPSA) is 115 Å². The molecule has 0 aliphatic carbocycles. The Hall–Kier alpha value is -3.24. The zero-order valence-corrected chi connectivity index (χ0v) is 16.1. The molecule has 0 saturated heterocycles. The lowest BCUT2D eigenvalue weighted by Gasteiger charge is -2.12. The number of carbonyl (C=O) groups excluding carboxylic acids is 1. The van der Waals surface area contributed by atoms with Gasteiger partial charge in [-0.3, -0.25) is 4.79 Å². The number of rotatable bonds is 7. The summed E-state index contributed by atoms with van der Waals surface area (Å²) in [6.07, 6.45) is 4.97. The van der Waals surface area contributed by atoms with Crippen molar-refractivity contribution in [3.05, 3.63) is 60.6 Å². The minimum absolute atomic E-state index is 0.0124. The summed E-state index contributed by atoms with van der Waals surface area (Å²) in [5.74, 6) is 0.620. The van der Waals surface area contributed by atoms with E-state index in [0.717, 1.165) is 5.56 Å². The number of pyridine rings is 1. The number of methoxy groups -OCH3 is 1. The van der Waals surface area contributed by atoms with Crippen LogP contribution < -0.4 is 14.8 Å². The minimum atomic E-state index is -3.81. The summed E-state index contributed by atoms with van der Waals surface area (Å²) in [7, 11) is -2.37. The number of nitrogens with one attached hydrogen (secondary N) is 2. The van der Waals surface area contributed by atoms with Crippen molar-refractivity contribution in [1.82, 2.24) is 19.5 Å². The highest BCUT2D eigenvalue weighted by atomic mass is 32.2. The number of hydrogen-bond donors (Lipinski definition) is 2. The number of amides is 1. The first-order valence-electron chi connectivity index (χ1n) is 8.29. The average Bonchev–Trinajstić information content (AvgIpc) is 3.21. The van der Waals surface area contributed by atoms with E-state index in [1.165, 1.54) is 32.2 Å². The van der Waals surface area contributed by atoms with Gasteiger partial charge in [-0.25, -0.2) is 22.8 Å². The van der Waals surface area contributed by atoms with Crippen LogP contribution in [0.3, 0.4) is 0 Å². The summed E-state index contributed by atoms with van der Waals surface area (Å²) in [5, 5.41) is 6.66. The molecule has 2 heterocycles. The zero-order valence-electron chi connectivity index (χ0n) is 15.3. The largest absolute Gasteiger partial charge is 0.495 e. The molecule has 9 nitrogen and oxygen atoms in total. The normalized spacial score (nSPS) is 11.2. The highest BCUT2D eigenvalue weighted by Gasteiger charge is 2.17. The van der Waals surface area contributed by atoms with Crippen LogP contribution in [0, 0.1) is 0 Å². The monoisotopic (exact) mass is 401 g/mol. The number of benzene rings is 1. The fraction of sp³-hybridized carbons (Fsp3) is 0.167. The second-order valence-corrected chi connectivity index (χ2v) is 7.61. The van der Waals surface area contributed by atoms with Gasteiger partial charge in [-0.05, 0) is 42.0 Å². The molecule has 0 atom stereocenters. The van der Waals surface area contributed by atoms with Gasteiger partial charge in [0.1, 0.15) is 5.75 Å². The number of carbonyl (C=O) groups is 1. The third-order valence-electron chi connectivity index (χ3n) is 3.81. The highest BCUT2D eigenvalue weighted by molar-refractivity contribution is 7.89. The van der Waals surface area contributed by atoms with Gasteiger partial charge in [-0.15, -0.1) is 0 Å². The summed E-state index contributed by atoms with van der Waals surface area (Å²) in [6, 6.07) is 9.48. The summed E-state index contributed by atoms with van der Waals surface area (Å²) in [4.78, 5) is 15.6. The van der Waals surface area contributed by atoms with Crippen molar-refractivity contribution in [3.63, 3.8) is 0 Å². The third-order valence-corrected chi connectivity index (χ3v) is 5.21. The van der Waals surface area contributed by atoms with Crippen LogP contribution in [0.25, 0.3) is 5.82 Å². The molecular weight excluding hydrogens is 382 g/mol. The number of anilines is 1. The number of nitrogens with zero attached hydrogens (tertiary/aromatic N) is 3. The lowest BCUT2D eigenvalue weighted by molar-refractivity contribution is -0.114. The fourth-order valence-electron chi connectivity index (χ4n) is 2.50. The molecule has 0 spiro atoms. The molecule has 0 aliphatic rings. The van der Waals surface area contributed by atoms with Gasteiger partial charge in [0.2, 0.25) is 15.9 Å². The fourth-order valence-corrected chi connectivity index (χ4v) is 3.55. The Balaban J connectivity index is 1.79. The standard InChI is InChI=1S/C18H19N5O4S/c1-13(24)22-16-11-15(4-5-17(16)27-2)28(25,26)21-12-14-6-8-19-18(10-14)23-9-3-7-20-23/h3-11,21H,12H2,1-2H3,(H,22,24). The molecule has 28 heavy (non-hydrogen) atoms. The predicted octanol–water partition coefficient (Wildman–Crippen LogP) is 1.71. The average molecular weight is 401 g/mol. The molecule has 1 aromatic carbocycles. The van der Waals surface area contributed by atoms with Gasteiger partial charge in [0, 0.05) is 32.1 Å². The summed E-state index contributed by atoms with van der Waals surface area (Å²) >= 11 is 0. The zero-order chi connectivity index (χ0) is 20.1. The lowest BCUT2D eigenvalue weighted by atomic mass is 10.2. The molecule has 3 aromatic rings. The Morgan fingerprint density at radius 1 is 1.21 bits per heavy atom. The highest BCUT2D eigenvalue weighted by Crippen LogP contribution is 2.27. The van der Waals surface area contributed by atoms with Crippen molar-refractivity contribution in [2.24, 2.45) is 0 Å². The van der Waals surface area contributed by atoms with Gasteiger partial charge in [-0.1, -0.05) is 0 Å². The van der Waals surface area contributed by atoms with E-state index in [4.69, 9.17) is 4.74 Å². The maximum absolute atomic E-state index is 12.7. The SMILES string of the molecule is COc1ccc(S(=O)(=O)NCc2ccnc(-n3cccn3)c2)cc1NC(C)=O. The van der Waals surface area contributed by atoms with Crippen molar-refractivity contribution in [2.45, 2.75) is 18.4 Å². The molecule has 0 aliphatic heterocycles. The summed E-state index contributed by atoms with van der Waals surface area (Å²) < 4.78 is 34.6. The molecular formula is C18H19N5O4S. The number of aromatic nitrogens is 3. The minimum Gasteiger partial charge on any atom is -0.495 e. The van der Waals surface area contributed by atoms with Crippen LogP contribution in [-0.2, 0) is 21.4 Å².